The Morgan fingerprint density at radius 1 is 1.46 bits per heavy atom. The Labute approximate surface area is 172 Å². The van der Waals surface area contributed by atoms with E-state index in [0.717, 1.165) is 11.4 Å². The second-order valence-corrected chi connectivity index (χ2v) is 9.08. The Morgan fingerprint density at radius 3 is 2.82 bits per heavy atom. The average Bonchev–Trinajstić information content (AvgIpc) is 3.21. The molecule has 1 atom stereocenters. The minimum absolute atomic E-state index is 0.0165. The van der Waals surface area contributed by atoms with Gasteiger partial charge in [0.05, 0.1) is 19.2 Å². The fraction of sp³-hybridized carbons (Fsp3) is 0.474. The van der Waals surface area contributed by atoms with Gasteiger partial charge in [-0.1, -0.05) is 43.7 Å². The molecular weight excluding hydrogens is 400 g/mol. The maximum atomic E-state index is 12.8. The van der Waals surface area contributed by atoms with Gasteiger partial charge >= 0.3 is 0 Å². The van der Waals surface area contributed by atoms with Crippen molar-refractivity contribution in [2.24, 2.45) is 4.99 Å². The molecule has 0 bridgehead atoms. The number of amides is 2. The zero-order valence-electron chi connectivity index (χ0n) is 16.3. The van der Waals surface area contributed by atoms with Gasteiger partial charge in [0.1, 0.15) is 10.8 Å². The molecule has 3 rings (SSSR count). The fourth-order valence-corrected chi connectivity index (χ4v) is 3.97. The quantitative estimate of drug-likeness (QED) is 0.820. The molecule has 28 heavy (non-hydrogen) atoms. The van der Waals surface area contributed by atoms with Gasteiger partial charge < -0.3 is 10.1 Å². The van der Waals surface area contributed by atoms with E-state index in [9.17, 15) is 9.59 Å². The first-order valence-electron chi connectivity index (χ1n) is 8.98. The number of nitrogens with one attached hydrogen (secondary N) is 1. The highest BCUT2D eigenvalue weighted by atomic mass is 35.5. The van der Waals surface area contributed by atoms with Crippen LogP contribution in [0.2, 0.25) is 5.02 Å². The van der Waals surface area contributed by atoms with E-state index in [1.165, 1.54) is 18.4 Å². The molecule has 1 N–H and O–H groups in total. The Kier molecular flexibility index (Phi) is 5.90. The van der Waals surface area contributed by atoms with Gasteiger partial charge in [0.25, 0.3) is 5.91 Å². The normalized spacial score (nSPS) is 17.7. The van der Waals surface area contributed by atoms with Crippen LogP contribution in [0.4, 0.5) is 0 Å². The summed E-state index contributed by atoms with van der Waals surface area (Å²) in [6, 6.07) is 4.82. The van der Waals surface area contributed by atoms with E-state index in [1.807, 2.05) is 0 Å². The Bertz CT molecular complexity index is 974. The lowest BCUT2D eigenvalue weighted by Gasteiger charge is -2.13. The third-order valence-corrected chi connectivity index (χ3v) is 5.94. The molecule has 0 radical (unpaired) electrons. The molecule has 1 saturated heterocycles. The molecule has 0 spiro atoms. The van der Waals surface area contributed by atoms with Crippen molar-refractivity contribution in [3.05, 3.63) is 38.6 Å². The van der Waals surface area contributed by atoms with Crippen LogP contribution in [0, 0.1) is 0 Å². The van der Waals surface area contributed by atoms with Crippen LogP contribution in [0.5, 0.6) is 5.75 Å². The smallest absolute Gasteiger partial charge is 0.283 e. The maximum Gasteiger partial charge on any atom is 0.283 e. The van der Waals surface area contributed by atoms with Crippen molar-refractivity contribution < 1.29 is 14.3 Å². The Morgan fingerprint density at radius 2 is 2.21 bits per heavy atom. The van der Waals surface area contributed by atoms with E-state index < -0.39 is 5.91 Å². The molecule has 1 aliphatic heterocycles. The maximum absolute atomic E-state index is 12.8. The van der Waals surface area contributed by atoms with E-state index in [0.29, 0.717) is 34.1 Å². The number of halogens is 1. The van der Waals surface area contributed by atoms with E-state index in [1.54, 1.807) is 22.9 Å². The number of ether oxygens (including phenoxy) is 1. The fourth-order valence-electron chi connectivity index (χ4n) is 2.83. The molecule has 2 amide bonds. The minimum atomic E-state index is -0.451. The summed E-state index contributed by atoms with van der Waals surface area (Å²) in [6.07, 6.45) is 1.25. The second-order valence-electron chi connectivity index (χ2n) is 7.69. The highest BCUT2D eigenvalue weighted by Gasteiger charge is 2.25. The van der Waals surface area contributed by atoms with Gasteiger partial charge in [-0.25, -0.2) is 4.68 Å². The Hall–Kier alpha value is -2.19. The van der Waals surface area contributed by atoms with Crippen LogP contribution < -0.4 is 14.9 Å². The van der Waals surface area contributed by atoms with Crippen LogP contribution >= 0.6 is 22.9 Å². The van der Waals surface area contributed by atoms with Crippen LogP contribution in [0.3, 0.4) is 0 Å². The summed E-state index contributed by atoms with van der Waals surface area (Å²) in [5.74, 6) is -0.00362. The predicted molar refractivity (Wildman–Crippen MR) is 108 cm³/mol. The molecule has 1 aromatic carbocycles. The molecule has 9 heteroatoms. The van der Waals surface area contributed by atoms with Gasteiger partial charge in [-0.05, 0) is 24.6 Å². The number of benzene rings is 1. The topological polar surface area (TPSA) is 85.6 Å². The van der Waals surface area contributed by atoms with Gasteiger partial charge in [0.2, 0.25) is 10.7 Å². The zero-order chi connectivity index (χ0) is 20.5. The van der Waals surface area contributed by atoms with Crippen molar-refractivity contribution >= 4 is 34.8 Å². The van der Waals surface area contributed by atoms with E-state index in [4.69, 9.17) is 16.3 Å². The molecule has 2 heterocycles. The van der Waals surface area contributed by atoms with Crippen molar-refractivity contribution in [3.8, 4) is 5.75 Å². The van der Waals surface area contributed by atoms with Crippen molar-refractivity contribution in [2.45, 2.75) is 51.6 Å². The second kappa shape index (κ2) is 8.05. The van der Waals surface area contributed by atoms with Crippen molar-refractivity contribution in [1.82, 2.24) is 15.1 Å². The molecule has 1 aromatic heterocycles. The largest absolute Gasteiger partial charge is 0.496 e. The van der Waals surface area contributed by atoms with Crippen LogP contribution in [-0.4, -0.2) is 34.7 Å². The number of nitrogens with zero attached hydrogens (tertiary/aromatic N) is 3. The van der Waals surface area contributed by atoms with Gasteiger partial charge in [0, 0.05) is 22.9 Å². The summed E-state index contributed by atoms with van der Waals surface area (Å²) >= 11 is 7.41. The summed E-state index contributed by atoms with van der Waals surface area (Å²) < 4.78 is 6.97. The number of hydrogen-bond acceptors (Lipinski definition) is 5. The molecule has 0 aliphatic carbocycles. The predicted octanol–water partition coefficient (Wildman–Crippen LogP) is 2.92. The highest BCUT2D eigenvalue weighted by molar-refractivity contribution is 7.09. The number of methoxy groups -OCH3 is 1. The molecule has 1 aliphatic rings. The number of aromatic nitrogens is 2. The highest BCUT2D eigenvalue weighted by Crippen LogP contribution is 2.24. The SMILES string of the molecule is COc1ccc(Cl)cc1C(=O)/N=c1\sc(C(C)(C)C)nn1C[C@@H]1CCC(=O)N1. The first-order chi connectivity index (χ1) is 13.2. The van der Waals surface area contributed by atoms with Gasteiger partial charge in [-0.3, -0.25) is 9.59 Å². The molecule has 150 valence electrons. The summed E-state index contributed by atoms with van der Waals surface area (Å²) in [4.78, 5) is 29.1. The van der Waals surface area contributed by atoms with Gasteiger partial charge in [-0.15, -0.1) is 0 Å². The molecule has 7 nitrogen and oxygen atoms in total. The van der Waals surface area contributed by atoms with Crippen LogP contribution in [0.15, 0.2) is 23.2 Å². The molecule has 1 fully saturated rings. The molecule has 2 aromatic rings. The van der Waals surface area contributed by atoms with E-state index in [2.05, 4.69) is 36.2 Å². The third kappa shape index (κ3) is 4.62. The number of carbonyl (C=O) groups is 2. The Balaban J connectivity index is 2.01. The summed E-state index contributed by atoms with van der Waals surface area (Å²) in [7, 11) is 1.49. The zero-order valence-corrected chi connectivity index (χ0v) is 17.9. The molecule has 0 unspecified atom stereocenters. The lowest BCUT2D eigenvalue weighted by Crippen LogP contribution is -2.33. The third-order valence-electron chi connectivity index (χ3n) is 4.33. The van der Waals surface area contributed by atoms with Crippen LogP contribution in [0.1, 0.15) is 49.0 Å². The van der Waals surface area contributed by atoms with E-state index >= 15 is 0 Å². The van der Waals surface area contributed by atoms with Crippen molar-refractivity contribution in [3.63, 3.8) is 0 Å². The number of carbonyl (C=O) groups excluding carboxylic acids is 2. The monoisotopic (exact) mass is 422 g/mol. The van der Waals surface area contributed by atoms with Gasteiger partial charge in [0.15, 0.2) is 0 Å². The van der Waals surface area contributed by atoms with Crippen LogP contribution in [-0.2, 0) is 16.8 Å². The van der Waals surface area contributed by atoms with Crippen molar-refractivity contribution in [2.75, 3.05) is 7.11 Å². The van der Waals surface area contributed by atoms with Gasteiger partial charge in [-0.2, -0.15) is 10.1 Å². The summed E-state index contributed by atoms with van der Waals surface area (Å²) in [5, 5.41) is 8.88. The first-order valence-corrected chi connectivity index (χ1v) is 10.2. The minimum Gasteiger partial charge on any atom is -0.496 e. The first kappa shape index (κ1) is 20.5. The van der Waals surface area contributed by atoms with Crippen molar-refractivity contribution in [1.29, 1.82) is 0 Å². The summed E-state index contributed by atoms with van der Waals surface area (Å²) in [6.45, 7) is 6.63. The lowest BCUT2D eigenvalue weighted by molar-refractivity contribution is -0.119. The lowest BCUT2D eigenvalue weighted by atomic mass is 9.98. The van der Waals surface area contributed by atoms with Crippen LogP contribution in [0.25, 0.3) is 0 Å². The molecule has 0 saturated carbocycles. The summed E-state index contributed by atoms with van der Waals surface area (Å²) in [5.41, 5.74) is 0.108. The average molecular weight is 423 g/mol. The number of rotatable bonds is 4. The standard InChI is InChI=1S/C19H23ClN4O3S/c1-19(2,3)17-23-24(10-12-6-8-15(25)21-12)18(28-17)22-16(26)13-9-11(20)5-7-14(13)27-4/h5,7,9,12H,6,8,10H2,1-4H3,(H,21,25)/b22-18-/t12-/m0/s1. The molecular formula is C19H23ClN4O3S. The number of hydrogen-bond donors (Lipinski definition) is 1. The van der Waals surface area contributed by atoms with E-state index in [-0.39, 0.29) is 17.4 Å².